The van der Waals surface area contributed by atoms with Crippen LogP contribution in [0.25, 0.3) is 0 Å². The van der Waals surface area contributed by atoms with Crippen LogP contribution in [0.3, 0.4) is 0 Å². The Morgan fingerprint density at radius 2 is 1.53 bits per heavy atom. The molecule has 0 heterocycles. The zero-order valence-corrected chi connectivity index (χ0v) is 9.15. The highest BCUT2D eigenvalue weighted by atomic mass is 16.7. The molecule has 0 aliphatic heterocycles. The third kappa shape index (κ3) is 3.67. The van der Waals surface area contributed by atoms with Crippen LogP contribution in [0.2, 0.25) is 0 Å². The molecule has 0 unspecified atom stereocenters. The monoisotopic (exact) mass is 211 g/mol. The van der Waals surface area contributed by atoms with E-state index < -0.39 is 0 Å². The van der Waals surface area contributed by atoms with Gasteiger partial charge >= 0.3 is 0 Å². The van der Waals surface area contributed by atoms with E-state index >= 15 is 0 Å². The van der Waals surface area contributed by atoms with Crippen molar-refractivity contribution in [2.45, 2.75) is 6.92 Å². The van der Waals surface area contributed by atoms with Crippen LogP contribution in [-0.4, -0.2) is 20.8 Å². The van der Waals surface area contributed by atoms with Crippen molar-refractivity contribution in [1.82, 2.24) is 0 Å². The minimum Gasteiger partial charge on any atom is -0.496 e. The van der Waals surface area contributed by atoms with E-state index in [-0.39, 0.29) is 0 Å². The molecule has 83 valence electrons. The van der Waals surface area contributed by atoms with E-state index in [9.17, 15) is 0 Å². The average Bonchev–Trinajstić information content (AvgIpc) is 2.29. The molecule has 1 radical (unpaired) electrons. The summed E-state index contributed by atoms with van der Waals surface area (Å²) >= 11 is 0. The van der Waals surface area contributed by atoms with E-state index in [0.29, 0.717) is 23.9 Å². The molecule has 0 aliphatic rings. The van der Waals surface area contributed by atoms with Crippen LogP contribution in [0, 0.1) is 6.79 Å². The van der Waals surface area contributed by atoms with Crippen molar-refractivity contribution in [2.24, 2.45) is 0 Å². The molecule has 0 saturated heterocycles. The Kier molecular flexibility index (Phi) is 4.77. The summed E-state index contributed by atoms with van der Waals surface area (Å²) < 4.78 is 20.4. The van der Waals surface area contributed by atoms with Crippen molar-refractivity contribution >= 4 is 0 Å². The molecule has 0 atom stereocenters. The first kappa shape index (κ1) is 11.7. The van der Waals surface area contributed by atoms with Crippen molar-refractivity contribution in [2.75, 3.05) is 20.8 Å². The maximum absolute atomic E-state index is 5.22. The lowest BCUT2D eigenvalue weighted by atomic mass is 10.3. The maximum atomic E-state index is 5.22. The lowest BCUT2D eigenvalue weighted by molar-refractivity contribution is 0.101. The Bertz CT molecular complexity index is 276. The molecular formula is C11H15O4. The molecule has 4 heteroatoms. The molecule has 1 rings (SSSR count). The minimum atomic E-state index is 0.571. The van der Waals surface area contributed by atoms with E-state index in [2.05, 4.69) is 0 Å². The first-order valence-corrected chi connectivity index (χ1v) is 4.63. The van der Waals surface area contributed by atoms with Crippen molar-refractivity contribution in [3.8, 4) is 17.2 Å². The highest BCUT2D eigenvalue weighted by Crippen LogP contribution is 2.27. The SMILES string of the molecule is CCO[CH]Oc1cc(OC)cc(OC)c1. The Balaban J connectivity index is 2.68. The number of hydrogen-bond donors (Lipinski definition) is 0. The van der Waals surface area contributed by atoms with Crippen molar-refractivity contribution in [1.29, 1.82) is 0 Å². The molecule has 0 N–H and O–H groups in total. The van der Waals surface area contributed by atoms with Gasteiger partial charge in [-0.1, -0.05) is 0 Å². The maximum Gasteiger partial charge on any atom is 0.263 e. The summed E-state index contributed by atoms with van der Waals surface area (Å²) in [6.45, 7) is 3.74. The topological polar surface area (TPSA) is 36.9 Å². The third-order valence-corrected chi connectivity index (χ3v) is 1.74. The minimum absolute atomic E-state index is 0.571. The van der Waals surface area contributed by atoms with Gasteiger partial charge in [0, 0.05) is 24.8 Å². The Morgan fingerprint density at radius 3 is 2.00 bits per heavy atom. The molecule has 15 heavy (non-hydrogen) atoms. The lowest BCUT2D eigenvalue weighted by Gasteiger charge is -2.08. The van der Waals surface area contributed by atoms with E-state index in [1.165, 1.54) is 6.79 Å². The van der Waals surface area contributed by atoms with Gasteiger partial charge in [0.05, 0.1) is 14.2 Å². The summed E-state index contributed by atoms with van der Waals surface area (Å²) in [6.07, 6.45) is 0. The Hall–Kier alpha value is -1.42. The number of ether oxygens (including phenoxy) is 4. The van der Waals surface area contributed by atoms with Crippen molar-refractivity contribution in [3.63, 3.8) is 0 Å². The van der Waals surface area contributed by atoms with E-state index in [1.807, 2.05) is 6.92 Å². The van der Waals surface area contributed by atoms with Gasteiger partial charge < -0.3 is 18.9 Å². The number of rotatable bonds is 6. The summed E-state index contributed by atoms with van der Waals surface area (Å²) in [6, 6.07) is 5.27. The molecule has 0 aliphatic carbocycles. The molecule has 4 nitrogen and oxygen atoms in total. The highest BCUT2D eigenvalue weighted by Gasteiger charge is 2.02. The molecule has 0 fully saturated rings. The van der Waals surface area contributed by atoms with Gasteiger partial charge in [0.25, 0.3) is 6.79 Å². The van der Waals surface area contributed by atoms with Crippen LogP contribution in [0.4, 0.5) is 0 Å². The van der Waals surface area contributed by atoms with Crippen LogP contribution in [0.5, 0.6) is 17.2 Å². The Labute approximate surface area is 89.7 Å². The molecule has 0 spiro atoms. The van der Waals surface area contributed by atoms with Gasteiger partial charge in [0.15, 0.2) is 0 Å². The normalized spacial score (nSPS) is 9.80. The molecule has 0 bridgehead atoms. The Morgan fingerprint density at radius 1 is 1.00 bits per heavy atom. The summed E-state index contributed by atoms with van der Waals surface area (Å²) in [7, 11) is 3.18. The van der Waals surface area contributed by atoms with Crippen LogP contribution >= 0.6 is 0 Å². The molecular weight excluding hydrogens is 196 g/mol. The third-order valence-electron chi connectivity index (χ3n) is 1.74. The van der Waals surface area contributed by atoms with Gasteiger partial charge in [-0.3, -0.25) is 0 Å². The fraction of sp³-hybridized carbons (Fsp3) is 0.364. The van der Waals surface area contributed by atoms with E-state index in [0.717, 1.165) is 0 Å². The van der Waals surface area contributed by atoms with Crippen LogP contribution < -0.4 is 14.2 Å². The predicted octanol–water partition coefficient (Wildman–Crippen LogP) is 2.24. The quantitative estimate of drug-likeness (QED) is 0.676. The number of hydrogen-bond acceptors (Lipinski definition) is 4. The van der Waals surface area contributed by atoms with Crippen LogP contribution in [-0.2, 0) is 4.74 Å². The van der Waals surface area contributed by atoms with Crippen molar-refractivity contribution < 1.29 is 18.9 Å². The first-order valence-electron chi connectivity index (χ1n) is 4.63. The highest BCUT2D eigenvalue weighted by molar-refractivity contribution is 5.42. The lowest BCUT2D eigenvalue weighted by Crippen LogP contribution is -1.96. The van der Waals surface area contributed by atoms with E-state index in [1.54, 1.807) is 32.4 Å². The summed E-state index contributed by atoms with van der Waals surface area (Å²) in [5.41, 5.74) is 0. The zero-order valence-electron chi connectivity index (χ0n) is 9.15. The number of methoxy groups -OCH3 is 2. The number of benzene rings is 1. The van der Waals surface area contributed by atoms with E-state index in [4.69, 9.17) is 18.9 Å². The second-order valence-electron chi connectivity index (χ2n) is 2.72. The molecule has 1 aromatic carbocycles. The van der Waals surface area contributed by atoms with Crippen molar-refractivity contribution in [3.05, 3.63) is 25.0 Å². The van der Waals surface area contributed by atoms with Gasteiger partial charge in [-0.05, 0) is 6.92 Å². The largest absolute Gasteiger partial charge is 0.496 e. The van der Waals surface area contributed by atoms with Crippen LogP contribution in [0.15, 0.2) is 18.2 Å². The molecule has 0 amide bonds. The van der Waals surface area contributed by atoms with Gasteiger partial charge in [0.2, 0.25) is 0 Å². The summed E-state index contributed by atoms with van der Waals surface area (Å²) in [5, 5.41) is 0. The summed E-state index contributed by atoms with van der Waals surface area (Å²) in [4.78, 5) is 0. The summed E-state index contributed by atoms with van der Waals surface area (Å²) in [5.74, 6) is 1.96. The fourth-order valence-electron chi connectivity index (χ4n) is 1.01. The predicted molar refractivity (Wildman–Crippen MR) is 56.1 cm³/mol. The second-order valence-corrected chi connectivity index (χ2v) is 2.72. The van der Waals surface area contributed by atoms with Gasteiger partial charge in [-0.25, -0.2) is 0 Å². The smallest absolute Gasteiger partial charge is 0.263 e. The van der Waals surface area contributed by atoms with Gasteiger partial charge in [0.1, 0.15) is 17.2 Å². The van der Waals surface area contributed by atoms with Gasteiger partial charge in [-0.15, -0.1) is 0 Å². The molecule has 0 aromatic heterocycles. The van der Waals surface area contributed by atoms with Gasteiger partial charge in [-0.2, -0.15) is 0 Å². The molecule has 0 saturated carbocycles. The molecule has 1 aromatic rings. The zero-order chi connectivity index (χ0) is 11.1. The first-order chi connectivity index (χ1) is 7.30. The standard InChI is InChI=1S/C11H15O4/c1-4-14-8-15-11-6-9(12-2)5-10(7-11)13-3/h5-8H,4H2,1-3H3. The fourth-order valence-corrected chi connectivity index (χ4v) is 1.01. The van der Waals surface area contributed by atoms with Crippen LogP contribution in [0.1, 0.15) is 6.92 Å². The second kappa shape index (κ2) is 6.14. The average molecular weight is 211 g/mol.